The van der Waals surface area contributed by atoms with E-state index in [0.29, 0.717) is 12.1 Å². The minimum Gasteiger partial charge on any atom is -0.379 e. The molecule has 0 spiro atoms. The van der Waals surface area contributed by atoms with Crippen LogP contribution in [-0.4, -0.2) is 53.3 Å². The van der Waals surface area contributed by atoms with Crippen LogP contribution in [0.15, 0.2) is 10.7 Å². The molecule has 5 nitrogen and oxygen atoms in total. The summed E-state index contributed by atoms with van der Waals surface area (Å²) >= 11 is 9.32. The number of aromatic nitrogens is 2. The highest BCUT2D eigenvalue weighted by atomic mass is 79.9. The molecule has 0 unspecified atom stereocenters. The molecule has 0 bridgehead atoms. The summed E-state index contributed by atoms with van der Waals surface area (Å²) in [5.41, 5.74) is 0. The number of nitrogens with one attached hydrogen (secondary N) is 1. The Balaban J connectivity index is 1.52. The van der Waals surface area contributed by atoms with E-state index in [9.17, 15) is 0 Å². The summed E-state index contributed by atoms with van der Waals surface area (Å²) in [6.45, 7) is 3.92. The van der Waals surface area contributed by atoms with Crippen LogP contribution in [0.4, 0.5) is 5.82 Å². The fraction of sp³-hybridized carbons (Fsp3) is 0.714. The van der Waals surface area contributed by atoms with E-state index >= 15 is 0 Å². The predicted octanol–water partition coefficient (Wildman–Crippen LogP) is 2.95. The van der Waals surface area contributed by atoms with Crippen LogP contribution in [-0.2, 0) is 4.74 Å². The van der Waals surface area contributed by atoms with E-state index in [1.807, 2.05) is 0 Å². The van der Waals surface area contributed by atoms with Crippen molar-refractivity contribution >= 4 is 33.3 Å². The Hall–Kier alpha value is -0.430. The van der Waals surface area contributed by atoms with Crippen LogP contribution in [0.2, 0.25) is 5.28 Å². The van der Waals surface area contributed by atoms with Crippen molar-refractivity contribution < 1.29 is 4.74 Å². The minimum absolute atomic E-state index is 0.280. The van der Waals surface area contributed by atoms with E-state index in [2.05, 4.69) is 36.1 Å². The van der Waals surface area contributed by atoms with Gasteiger partial charge in [-0.25, -0.2) is 4.98 Å². The Morgan fingerprint density at radius 2 is 1.95 bits per heavy atom. The van der Waals surface area contributed by atoms with Crippen LogP contribution >= 0.6 is 27.5 Å². The van der Waals surface area contributed by atoms with Crippen molar-refractivity contribution in [1.82, 2.24) is 14.9 Å². The fourth-order valence-corrected chi connectivity index (χ4v) is 3.61. The highest BCUT2D eigenvalue weighted by Gasteiger charge is 2.27. The normalized spacial score (nSPS) is 27.5. The molecule has 116 valence electrons. The van der Waals surface area contributed by atoms with Crippen LogP contribution < -0.4 is 5.32 Å². The zero-order valence-electron chi connectivity index (χ0n) is 11.9. The maximum absolute atomic E-state index is 5.86. The van der Waals surface area contributed by atoms with Gasteiger partial charge in [0.05, 0.1) is 17.7 Å². The van der Waals surface area contributed by atoms with Gasteiger partial charge in [0.15, 0.2) is 0 Å². The molecule has 1 saturated carbocycles. The Kier molecular flexibility index (Phi) is 5.32. The second kappa shape index (κ2) is 7.22. The Bertz CT molecular complexity index is 476. The van der Waals surface area contributed by atoms with E-state index in [-0.39, 0.29) is 5.28 Å². The summed E-state index contributed by atoms with van der Waals surface area (Å²) in [4.78, 5) is 10.8. The van der Waals surface area contributed by atoms with E-state index in [0.717, 1.165) is 49.4 Å². The lowest BCUT2D eigenvalue weighted by atomic mass is 9.90. The average Bonchev–Trinajstić information content (AvgIpc) is 2.53. The summed E-state index contributed by atoms with van der Waals surface area (Å²) in [5.74, 6) is 0.796. The summed E-state index contributed by atoms with van der Waals surface area (Å²) in [7, 11) is 0. The van der Waals surface area contributed by atoms with Gasteiger partial charge in [-0.3, -0.25) is 4.90 Å². The number of halogens is 2. The molecule has 21 heavy (non-hydrogen) atoms. The van der Waals surface area contributed by atoms with Crippen molar-refractivity contribution in [2.75, 3.05) is 31.6 Å². The molecule has 0 amide bonds. The van der Waals surface area contributed by atoms with E-state index < -0.39 is 0 Å². The summed E-state index contributed by atoms with van der Waals surface area (Å²) in [5, 5.41) is 3.77. The van der Waals surface area contributed by atoms with Crippen molar-refractivity contribution in [3.05, 3.63) is 16.0 Å². The zero-order valence-corrected chi connectivity index (χ0v) is 14.2. The Morgan fingerprint density at radius 3 is 2.67 bits per heavy atom. The van der Waals surface area contributed by atoms with Crippen molar-refractivity contribution in [1.29, 1.82) is 0 Å². The van der Waals surface area contributed by atoms with Gasteiger partial charge in [-0.15, -0.1) is 0 Å². The molecule has 1 aromatic heterocycles. The third-order valence-electron chi connectivity index (χ3n) is 4.31. The smallest absolute Gasteiger partial charge is 0.224 e. The third-order valence-corrected chi connectivity index (χ3v) is 5.08. The van der Waals surface area contributed by atoms with Gasteiger partial charge in [-0.2, -0.15) is 4.98 Å². The molecule has 1 saturated heterocycles. The SMILES string of the molecule is Clc1ncc(Br)c(NC2CCC(N3CCOCC3)CC2)n1. The van der Waals surface area contributed by atoms with Crippen LogP contribution in [0, 0.1) is 0 Å². The zero-order chi connectivity index (χ0) is 14.7. The second-order valence-corrected chi connectivity index (χ2v) is 6.83. The molecule has 0 aromatic carbocycles. The lowest BCUT2D eigenvalue weighted by Crippen LogP contribution is -2.46. The number of morpholine rings is 1. The summed E-state index contributed by atoms with van der Waals surface area (Å²) < 4.78 is 6.29. The molecule has 2 fully saturated rings. The highest BCUT2D eigenvalue weighted by Crippen LogP contribution is 2.28. The van der Waals surface area contributed by atoms with Gasteiger partial charge in [-0.1, -0.05) is 0 Å². The Labute approximate surface area is 138 Å². The van der Waals surface area contributed by atoms with Gasteiger partial charge in [0.25, 0.3) is 0 Å². The van der Waals surface area contributed by atoms with Crippen molar-refractivity contribution in [3.63, 3.8) is 0 Å². The molecular formula is C14H20BrClN4O. The number of rotatable bonds is 3. The molecule has 1 N–H and O–H groups in total. The molecule has 1 aliphatic carbocycles. The van der Waals surface area contributed by atoms with Crippen molar-refractivity contribution in [2.24, 2.45) is 0 Å². The molecule has 3 rings (SSSR count). The summed E-state index contributed by atoms with van der Waals surface area (Å²) in [6, 6.07) is 1.17. The first-order valence-electron chi connectivity index (χ1n) is 7.49. The molecule has 1 aliphatic heterocycles. The molecule has 1 aromatic rings. The summed E-state index contributed by atoms with van der Waals surface area (Å²) in [6.07, 6.45) is 6.48. The fourth-order valence-electron chi connectivity index (χ4n) is 3.17. The topological polar surface area (TPSA) is 50.3 Å². The standard InChI is InChI=1S/C14H20BrClN4O/c15-12-9-17-14(16)19-13(12)18-10-1-3-11(4-2-10)20-5-7-21-8-6-20/h9-11H,1-8H2,(H,17,18,19). The van der Waals surface area contributed by atoms with E-state index in [1.165, 1.54) is 12.8 Å². The molecule has 2 heterocycles. The van der Waals surface area contributed by atoms with Crippen LogP contribution in [0.25, 0.3) is 0 Å². The molecular weight excluding hydrogens is 356 g/mol. The molecule has 7 heteroatoms. The number of ether oxygens (including phenoxy) is 1. The van der Waals surface area contributed by atoms with Gasteiger partial charge >= 0.3 is 0 Å². The second-order valence-electron chi connectivity index (χ2n) is 5.63. The number of nitrogens with zero attached hydrogens (tertiary/aromatic N) is 3. The first-order chi connectivity index (χ1) is 10.2. The lowest BCUT2D eigenvalue weighted by molar-refractivity contribution is 0.00790. The first kappa shape index (κ1) is 15.5. The van der Waals surface area contributed by atoms with Gasteiger partial charge < -0.3 is 10.1 Å². The van der Waals surface area contributed by atoms with Crippen LogP contribution in [0.3, 0.4) is 0 Å². The average molecular weight is 376 g/mol. The maximum atomic E-state index is 5.86. The van der Waals surface area contributed by atoms with Gasteiger partial charge in [0.1, 0.15) is 5.82 Å². The number of anilines is 1. The minimum atomic E-state index is 0.280. The van der Waals surface area contributed by atoms with Crippen LogP contribution in [0.1, 0.15) is 25.7 Å². The van der Waals surface area contributed by atoms with E-state index in [4.69, 9.17) is 16.3 Å². The van der Waals surface area contributed by atoms with E-state index in [1.54, 1.807) is 6.20 Å². The first-order valence-corrected chi connectivity index (χ1v) is 8.66. The van der Waals surface area contributed by atoms with Crippen LogP contribution in [0.5, 0.6) is 0 Å². The van der Waals surface area contributed by atoms with Crippen molar-refractivity contribution in [2.45, 2.75) is 37.8 Å². The lowest BCUT2D eigenvalue weighted by Gasteiger charge is -2.39. The Morgan fingerprint density at radius 1 is 1.24 bits per heavy atom. The van der Waals surface area contributed by atoms with Gasteiger partial charge in [-0.05, 0) is 53.2 Å². The largest absolute Gasteiger partial charge is 0.379 e. The number of hydrogen-bond donors (Lipinski definition) is 1. The molecule has 0 atom stereocenters. The molecule has 2 aliphatic rings. The predicted molar refractivity (Wildman–Crippen MR) is 86.8 cm³/mol. The maximum Gasteiger partial charge on any atom is 0.224 e. The van der Waals surface area contributed by atoms with Gasteiger partial charge in [0.2, 0.25) is 5.28 Å². The quantitative estimate of drug-likeness (QED) is 0.823. The monoisotopic (exact) mass is 374 g/mol. The molecule has 0 radical (unpaired) electrons. The third kappa shape index (κ3) is 4.06. The number of hydrogen-bond acceptors (Lipinski definition) is 5. The van der Waals surface area contributed by atoms with Crippen molar-refractivity contribution in [3.8, 4) is 0 Å². The van der Waals surface area contributed by atoms with Gasteiger partial charge in [0, 0.05) is 31.4 Å². The highest BCUT2D eigenvalue weighted by molar-refractivity contribution is 9.10.